The Morgan fingerprint density at radius 1 is 1.32 bits per heavy atom. The predicted octanol–water partition coefficient (Wildman–Crippen LogP) is 2.55. The zero-order valence-electron chi connectivity index (χ0n) is 12.1. The first-order valence-electron chi connectivity index (χ1n) is 7.06. The molecule has 2 rings (SSSR count). The SMILES string of the molecule is O=C(O)CSCCNC(=O)CCCc1nc2ccccc2s1. The fourth-order valence-corrected chi connectivity index (χ4v) is 3.51. The maximum atomic E-state index is 11.6. The summed E-state index contributed by atoms with van der Waals surface area (Å²) in [5.41, 5.74) is 1.02. The van der Waals surface area contributed by atoms with Crippen LogP contribution in [0.1, 0.15) is 17.8 Å². The van der Waals surface area contributed by atoms with Gasteiger partial charge in [0, 0.05) is 18.7 Å². The van der Waals surface area contributed by atoms with Crippen molar-refractivity contribution >= 4 is 45.2 Å². The zero-order chi connectivity index (χ0) is 15.8. The van der Waals surface area contributed by atoms with Crippen LogP contribution in [0, 0.1) is 0 Å². The summed E-state index contributed by atoms with van der Waals surface area (Å²) >= 11 is 2.98. The summed E-state index contributed by atoms with van der Waals surface area (Å²) in [4.78, 5) is 26.5. The summed E-state index contributed by atoms with van der Waals surface area (Å²) in [6, 6.07) is 8.02. The first-order valence-corrected chi connectivity index (χ1v) is 9.03. The minimum atomic E-state index is -0.827. The topological polar surface area (TPSA) is 79.3 Å². The van der Waals surface area contributed by atoms with Gasteiger partial charge in [-0.05, 0) is 25.0 Å². The maximum Gasteiger partial charge on any atom is 0.313 e. The number of aryl methyl sites for hydroxylation is 1. The smallest absolute Gasteiger partial charge is 0.313 e. The standard InChI is InChI=1S/C15H18N2O3S2/c18-13(16-8-9-21-10-15(19)20)6-3-7-14-17-11-4-1-2-5-12(11)22-14/h1-2,4-5H,3,6-10H2,(H,16,18)(H,19,20). The Kier molecular flexibility index (Phi) is 6.67. The first-order chi connectivity index (χ1) is 10.6. The second-order valence-corrected chi connectivity index (χ2v) is 6.95. The Bertz CT molecular complexity index is 610. The number of thiazole rings is 1. The number of carbonyl (C=O) groups excluding carboxylic acids is 1. The van der Waals surface area contributed by atoms with E-state index in [2.05, 4.69) is 16.4 Å². The lowest BCUT2D eigenvalue weighted by atomic mass is 10.2. The fourth-order valence-electron chi connectivity index (χ4n) is 1.94. The van der Waals surface area contributed by atoms with Gasteiger partial charge in [-0.15, -0.1) is 23.1 Å². The number of fused-ring (bicyclic) bond motifs is 1. The minimum absolute atomic E-state index is 0.0111. The molecule has 2 N–H and O–H groups in total. The molecule has 1 aromatic heterocycles. The molecular formula is C15H18N2O3S2. The second-order valence-electron chi connectivity index (χ2n) is 4.73. The van der Waals surface area contributed by atoms with Crippen molar-refractivity contribution in [2.75, 3.05) is 18.1 Å². The third-order valence-electron chi connectivity index (χ3n) is 2.93. The first kappa shape index (κ1) is 16.8. The van der Waals surface area contributed by atoms with E-state index in [1.54, 1.807) is 11.3 Å². The van der Waals surface area contributed by atoms with E-state index in [1.165, 1.54) is 16.5 Å². The normalized spacial score (nSPS) is 10.7. The molecule has 0 aliphatic heterocycles. The van der Waals surface area contributed by atoms with Gasteiger partial charge in [-0.2, -0.15) is 0 Å². The van der Waals surface area contributed by atoms with Crippen LogP contribution in [0.25, 0.3) is 10.2 Å². The number of nitrogens with one attached hydrogen (secondary N) is 1. The Morgan fingerprint density at radius 3 is 2.91 bits per heavy atom. The van der Waals surface area contributed by atoms with Crippen LogP contribution >= 0.6 is 23.1 Å². The van der Waals surface area contributed by atoms with Gasteiger partial charge in [0.2, 0.25) is 5.91 Å². The van der Waals surface area contributed by atoms with Crippen LogP contribution in [0.2, 0.25) is 0 Å². The Balaban J connectivity index is 1.61. The molecule has 0 unspecified atom stereocenters. The molecule has 0 radical (unpaired) electrons. The highest BCUT2D eigenvalue weighted by molar-refractivity contribution is 7.99. The van der Waals surface area contributed by atoms with Gasteiger partial charge in [0.1, 0.15) is 0 Å². The van der Waals surface area contributed by atoms with E-state index >= 15 is 0 Å². The second kappa shape index (κ2) is 8.75. The van der Waals surface area contributed by atoms with Crippen LogP contribution < -0.4 is 5.32 Å². The average Bonchev–Trinajstić information content (AvgIpc) is 2.89. The zero-order valence-corrected chi connectivity index (χ0v) is 13.7. The molecule has 0 saturated carbocycles. The van der Waals surface area contributed by atoms with Crippen LogP contribution in [-0.4, -0.2) is 40.0 Å². The third kappa shape index (κ3) is 5.65. The predicted molar refractivity (Wildman–Crippen MR) is 90.5 cm³/mol. The van der Waals surface area contributed by atoms with E-state index in [-0.39, 0.29) is 11.7 Å². The van der Waals surface area contributed by atoms with E-state index in [1.807, 2.05) is 18.2 Å². The summed E-state index contributed by atoms with van der Waals surface area (Å²) in [5, 5.41) is 12.3. The summed E-state index contributed by atoms with van der Waals surface area (Å²) in [7, 11) is 0. The molecular weight excluding hydrogens is 320 g/mol. The molecule has 0 atom stereocenters. The Hall–Kier alpha value is -1.60. The molecule has 0 fully saturated rings. The third-order valence-corrected chi connectivity index (χ3v) is 4.97. The highest BCUT2D eigenvalue weighted by atomic mass is 32.2. The van der Waals surface area contributed by atoms with Gasteiger partial charge in [0.15, 0.2) is 0 Å². The summed E-state index contributed by atoms with van der Waals surface area (Å²) in [6.45, 7) is 0.512. The van der Waals surface area contributed by atoms with Crippen molar-refractivity contribution < 1.29 is 14.7 Å². The number of carboxylic acid groups (broad SMARTS) is 1. The van der Waals surface area contributed by atoms with Crippen LogP contribution in [0.3, 0.4) is 0 Å². The average molecular weight is 338 g/mol. The summed E-state index contributed by atoms with van der Waals surface area (Å²) in [6.07, 6.45) is 2.05. The molecule has 22 heavy (non-hydrogen) atoms. The van der Waals surface area contributed by atoms with Crippen molar-refractivity contribution in [2.24, 2.45) is 0 Å². The highest BCUT2D eigenvalue weighted by Crippen LogP contribution is 2.22. The largest absolute Gasteiger partial charge is 0.481 e. The molecule has 7 heteroatoms. The van der Waals surface area contributed by atoms with Crippen LogP contribution in [0.15, 0.2) is 24.3 Å². The van der Waals surface area contributed by atoms with E-state index < -0.39 is 5.97 Å². The molecule has 1 amide bonds. The number of aliphatic carboxylic acids is 1. The van der Waals surface area contributed by atoms with E-state index in [0.29, 0.717) is 18.7 Å². The number of nitrogens with zero attached hydrogens (tertiary/aromatic N) is 1. The number of benzene rings is 1. The number of para-hydroxylation sites is 1. The number of carbonyl (C=O) groups is 2. The van der Waals surface area contributed by atoms with Crippen LogP contribution in [0.5, 0.6) is 0 Å². The Labute approximate surface area is 137 Å². The van der Waals surface area contributed by atoms with Crippen molar-refractivity contribution in [2.45, 2.75) is 19.3 Å². The number of rotatable bonds is 9. The van der Waals surface area contributed by atoms with Gasteiger partial charge in [-0.25, -0.2) is 4.98 Å². The van der Waals surface area contributed by atoms with Crippen molar-refractivity contribution in [1.82, 2.24) is 10.3 Å². The van der Waals surface area contributed by atoms with Gasteiger partial charge < -0.3 is 10.4 Å². The molecule has 0 aliphatic rings. The van der Waals surface area contributed by atoms with Crippen molar-refractivity contribution in [3.05, 3.63) is 29.3 Å². The molecule has 0 aliphatic carbocycles. The number of thioether (sulfide) groups is 1. The molecule has 0 saturated heterocycles. The van der Waals surface area contributed by atoms with Crippen LogP contribution in [-0.2, 0) is 16.0 Å². The van der Waals surface area contributed by atoms with Gasteiger partial charge in [-0.1, -0.05) is 12.1 Å². The number of carboxylic acids is 1. The maximum absolute atomic E-state index is 11.6. The number of amides is 1. The lowest BCUT2D eigenvalue weighted by Crippen LogP contribution is -2.25. The quantitative estimate of drug-likeness (QED) is 0.687. The minimum Gasteiger partial charge on any atom is -0.481 e. The molecule has 1 aromatic carbocycles. The molecule has 2 aromatic rings. The highest BCUT2D eigenvalue weighted by Gasteiger charge is 2.05. The number of hydrogen-bond acceptors (Lipinski definition) is 5. The number of hydrogen-bond donors (Lipinski definition) is 2. The fraction of sp³-hybridized carbons (Fsp3) is 0.400. The lowest BCUT2D eigenvalue weighted by Gasteiger charge is -2.03. The molecule has 0 bridgehead atoms. The molecule has 118 valence electrons. The van der Waals surface area contributed by atoms with Crippen LogP contribution in [0.4, 0.5) is 0 Å². The number of aromatic nitrogens is 1. The lowest BCUT2D eigenvalue weighted by molar-refractivity contribution is -0.133. The van der Waals surface area contributed by atoms with Crippen molar-refractivity contribution in [3.63, 3.8) is 0 Å². The molecule has 5 nitrogen and oxygen atoms in total. The van der Waals surface area contributed by atoms with Crippen molar-refractivity contribution in [3.8, 4) is 0 Å². The van der Waals surface area contributed by atoms with E-state index in [9.17, 15) is 9.59 Å². The van der Waals surface area contributed by atoms with Gasteiger partial charge in [-0.3, -0.25) is 9.59 Å². The Morgan fingerprint density at radius 2 is 2.14 bits per heavy atom. The summed E-state index contributed by atoms with van der Waals surface area (Å²) in [5.74, 6) is -0.118. The molecule has 1 heterocycles. The summed E-state index contributed by atoms with van der Waals surface area (Å²) < 4.78 is 1.18. The van der Waals surface area contributed by atoms with Gasteiger partial charge >= 0.3 is 5.97 Å². The van der Waals surface area contributed by atoms with Crippen molar-refractivity contribution in [1.29, 1.82) is 0 Å². The molecule has 0 spiro atoms. The monoisotopic (exact) mass is 338 g/mol. The van der Waals surface area contributed by atoms with E-state index in [4.69, 9.17) is 5.11 Å². The van der Waals surface area contributed by atoms with Gasteiger partial charge in [0.05, 0.1) is 21.0 Å². The van der Waals surface area contributed by atoms with E-state index in [0.717, 1.165) is 23.4 Å². The van der Waals surface area contributed by atoms with Gasteiger partial charge in [0.25, 0.3) is 0 Å².